The van der Waals surface area contributed by atoms with Crippen LogP contribution in [0.1, 0.15) is 30.4 Å². The Morgan fingerprint density at radius 1 is 1.56 bits per heavy atom. The summed E-state index contributed by atoms with van der Waals surface area (Å²) in [4.78, 5) is 12.6. The maximum absolute atomic E-state index is 11.9. The second kappa shape index (κ2) is 5.29. The van der Waals surface area contributed by atoms with Gasteiger partial charge in [0, 0.05) is 12.6 Å². The van der Waals surface area contributed by atoms with E-state index in [-0.39, 0.29) is 17.4 Å². The van der Waals surface area contributed by atoms with Gasteiger partial charge < -0.3 is 11.1 Å². The molecule has 90 valence electrons. The first-order valence-electron chi connectivity index (χ1n) is 5.11. The van der Waals surface area contributed by atoms with Gasteiger partial charge in [-0.3, -0.25) is 4.79 Å². The van der Waals surface area contributed by atoms with Crippen molar-refractivity contribution in [3.05, 3.63) is 20.8 Å². The Morgan fingerprint density at radius 2 is 2.19 bits per heavy atom. The van der Waals surface area contributed by atoms with Gasteiger partial charge in [0.2, 0.25) is 0 Å². The predicted molar refractivity (Wildman–Crippen MR) is 71.8 cm³/mol. The summed E-state index contributed by atoms with van der Waals surface area (Å²) in [5, 5.41) is 2.96. The lowest BCUT2D eigenvalue weighted by Gasteiger charge is -2.30. The number of carbonyl (C=O) groups excluding carboxylic acids is 1. The molecule has 1 heterocycles. The summed E-state index contributed by atoms with van der Waals surface area (Å²) in [5.74, 6) is -0.0546. The van der Waals surface area contributed by atoms with Crippen molar-refractivity contribution in [1.29, 1.82) is 0 Å². The lowest BCUT2D eigenvalue weighted by molar-refractivity contribution is 0.0909. The molecule has 5 heteroatoms. The number of nitrogens with one attached hydrogen (secondary N) is 1. The van der Waals surface area contributed by atoms with Crippen molar-refractivity contribution < 1.29 is 4.79 Å². The number of carbonyl (C=O) groups is 1. The van der Waals surface area contributed by atoms with Crippen LogP contribution in [-0.2, 0) is 0 Å². The highest BCUT2D eigenvalue weighted by molar-refractivity contribution is 9.11. The normalized spacial score (nSPS) is 13.6. The van der Waals surface area contributed by atoms with Gasteiger partial charge in [-0.25, -0.2) is 0 Å². The summed E-state index contributed by atoms with van der Waals surface area (Å²) in [6, 6.07) is 3.66. The maximum Gasteiger partial charge on any atom is 0.261 e. The zero-order valence-corrected chi connectivity index (χ0v) is 12.1. The molecule has 3 nitrogen and oxygen atoms in total. The Bertz CT molecular complexity index is 370. The third-order valence-corrected chi connectivity index (χ3v) is 4.01. The Labute approximate surface area is 109 Å². The minimum atomic E-state index is -0.0546. The SMILES string of the molecule is CC(C)(C)C(CN)NC(=O)c1ccc(Br)s1. The lowest BCUT2D eigenvalue weighted by Crippen LogP contribution is -2.48. The smallest absolute Gasteiger partial charge is 0.261 e. The molecule has 0 aliphatic rings. The lowest BCUT2D eigenvalue weighted by atomic mass is 9.87. The van der Waals surface area contributed by atoms with Gasteiger partial charge >= 0.3 is 0 Å². The highest BCUT2D eigenvalue weighted by Gasteiger charge is 2.25. The number of thiophene rings is 1. The molecule has 0 aromatic carbocycles. The van der Waals surface area contributed by atoms with Crippen LogP contribution >= 0.6 is 27.3 Å². The number of hydrogen-bond donors (Lipinski definition) is 2. The van der Waals surface area contributed by atoms with E-state index in [4.69, 9.17) is 5.73 Å². The second-order valence-corrected chi connectivity index (χ2v) is 7.19. The highest BCUT2D eigenvalue weighted by Crippen LogP contribution is 2.23. The molecule has 0 radical (unpaired) electrons. The van der Waals surface area contributed by atoms with Crippen LogP contribution in [0.15, 0.2) is 15.9 Å². The maximum atomic E-state index is 11.9. The van der Waals surface area contributed by atoms with E-state index in [0.29, 0.717) is 11.4 Å². The Balaban J connectivity index is 2.70. The van der Waals surface area contributed by atoms with Gasteiger partial charge in [0.15, 0.2) is 0 Å². The summed E-state index contributed by atoms with van der Waals surface area (Å²) < 4.78 is 0.956. The third-order valence-electron chi connectivity index (χ3n) is 2.38. The van der Waals surface area contributed by atoms with Crippen molar-refractivity contribution in [3.8, 4) is 0 Å². The molecular weight excluding hydrogens is 288 g/mol. The van der Waals surface area contributed by atoms with E-state index in [9.17, 15) is 4.79 Å². The van der Waals surface area contributed by atoms with Crippen molar-refractivity contribution >= 4 is 33.2 Å². The average molecular weight is 305 g/mol. The molecule has 3 N–H and O–H groups in total. The molecule has 0 saturated heterocycles. The van der Waals surface area contributed by atoms with Crippen LogP contribution in [0.5, 0.6) is 0 Å². The topological polar surface area (TPSA) is 55.1 Å². The molecule has 16 heavy (non-hydrogen) atoms. The number of hydrogen-bond acceptors (Lipinski definition) is 3. The molecule has 0 aliphatic carbocycles. The van der Waals surface area contributed by atoms with Gasteiger partial charge in [0.1, 0.15) is 0 Å². The van der Waals surface area contributed by atoms with E-state index in [1.807, 2.05) is 6.07 Å². The van der Waals surface area contributed by atoms with E-state index in [1.54, 1.807) is 6.07 Å². The van der Waals surface area contributed by atoms with Crippen LogP contribution in [-0.4, -0.2) is 18.5 Å². The summed E-state index contributed by atoms with van der Waals surface area (Å²) in [5.41, 5.74) is 5.64. The molecular formula is C11H17BrN2OS. The number of amides is 1. The fourth-order valence-electron chi connectivity index (χ4n) is 1.29. The quantitative estimate of drug-likeness (QED) is 0.902. The molecule has 1 rings (SSSR count). The van der Waals surface area contributed by atoms with Gasteiger partial charge in [-0.15, -0.1) is 11.3 Å². The molecule has 1 amide bonds. The van der Waals surface area contributed by atoms with Gasteiger partial charge in [-0.2, -0.15) is 0 Å². The van der Waals surface area contributed by atoms with Crippen molar-refractivity contribution in [2.24, 2.45) is 11.1 Å². The van der Waals surface area contributed by atoms with E-state index >= 15 is 0 Å². The molecule has 1 aromatic rings. The van der Waals surface area contributed by atoms with E-state index in [0.717, 1.165) is 3.79 Å². The Morgan fingerprint density at radius 3 is 2.56 bits per heavy atom. The van der Waals surface area contributed by atoms with Crippen molar-refractivity contribution in [3.63, 3.8) is 0 Å². The van der Waals surface area contributed by atoms with Crippen molar-refractivity contribution in [2.75, 3.05) is 6.54 Å². The van der Waals surface area contributed by atoms with Gasteiger partial charge in [0.25, 0.3) is 5.91 Å². The molecule has 0 fully saturated rings. The minimum absolute atomic E-state index is 0.0131. The zero-order valence-electron chi connectivity index (χ0n) is 9.71. The van der Waals surface area contributed by atoms with Crippen LogP contribution in [0.2, 0.25) is 0 Å². The largest absolute Gasteiger partial charge is 0.347 e. The molecule has 1 aromatic heterocycles. The first kappa shape index (κ1) is 13.7. The van der Waals surface area contributed by atoms with E-state index in [2.05, 4.69) is 42.0 Å². The molecule has 0 bridgehead atoms. The first-order valence-corrected chi connectivity index (χ1v) is 6.72. The summed E-state index contributed by atoms with van der Waals surface area (Å²) in [6.45, 7) is 6.64. The third kappa shape index (κ3) is 3.57. The van der Waals surface area contributed by atoms with Gasteiger partial charge in [-0.1, -0.05) is 20.8 Å². The molecule has 0 aliphatic heterocycles. The summed E-state index contributed by atoms with van der Waals surface area (Å²) in [6.07, 6.45) is 0. The van der Waals surface area contributed by atoms with E-state index in [1.165, 1.54) is 11.3 Å². The Hall–Kier alpha value is -0.390. The summed E-state index contributed by atoms with van der Waals surface area (Å²) in [7, 11) is 0. The number of nitrogens with two attached hydrogens (primary N) is 1. The van der Waals surface area contributed by atoms with Gasteiger partial charge in [-0.05, 0) is 33.5 Å². The standard InChI is InChI=1S/C11H17BrN2OS/c1-11(2,3)8(6-13)14-10(15)7-4-5-9(12)16-7/h4-5,8H,6,13H2,1-3H3,(H,14,15). The highest BCUT2D eigenvalue weighted by atomic mass is 79.9. The van der Waals surface area contributed by atoms with Gasteiger partial charge in [0.05, 0.1) is 8.66 Å². The fraction of sp³-hybridized carbons (Fsp3) is 0.545. The van der Waals surface area contributed by atoms with Crippen LogP contribution < -0.4 is 11.1 Å². The average Bonchev–Trinajstić information content (AvgIpc) is 2.59. The zero-order chi connectivity index (χ0) is 12.3. The predicted octanol–water partition coefficient (Wildman–Crippen LogP) is 2.61. The molecule has 0 saturated carbocycles. The van der Waals surface area contributed by atoms with Crippen molar-refractivity contribution in [2.45, 2.75) is 26.8 Å². The molecule has 0 spiro atoms. The van der Waals surface area contributed by atoms with E-state index < -0.39 is 0 Å². The minimum Gasteiger partial charge on any atom is -0.347 e. The van der Waals surface area contributed by atoms with Crippen LogP contribution in [0.3, 0.4) is 0 Å². The van der Waals surface area contributed by atoms with Crippen LogP contribution in [0.25, 0.3) is 0 Å². The van der Waals surface area contributed by atoms with Crippen molar-refractivity contribution in [1.82, 2.24) is 5.32 Å². The van der Waals surface area contributed by atoms with Crippen LogP contribution in [0.4, 0.5) is 0 Å². The summed E-state index contributed by atoms with van der Waals surface area (Å²) >= 11 is 4.76. The Kier molecular flexibility index (Phi) is 4.52. The van der Waals surface area contributed by atoms with Crippen LogP contribution in [0, 0.1) is 5.41 Å². The second-order valence-electron chi connectivity index (χ2n) is 4.73. The number of rotatable bonds is 3. The number of halogens is 1. The molecule has 1 atom stereocenters. The fourth-order valence-corrected chi connectivity index (χ4v) is 2.58. The molecule has 1 unspecified atom stereocenters. The first-order chi connectivity index (χ1) is 7.34. The monoisotopic (exact) mass is 304 g/mol.